The maximum absolute atomic E-state index is 13.9. The van der Waals surface area contributed by atoms with Gasteiger partial charge in [-0.3, -0.25) is 4.72 Å². The standard InChI is InChI=1S/C16H14F3N3O5S/c1-25-8-3-4-9-11(5-8)20-7-13(9)28(23,24)22-12-6-10(17)14(27-16(18)19)21-15(12)26-2/h3-7,16,20,22H,1-2H3. The van der Waals surface area contributed by atoms with Gasteiger partial charge >= 0.3 is 6.61 Å². The van der Waals surface area contributed by atoms with E-state index >= 15 is 0 Å². The number of aromatic nitrogens is 2. The van der Waals surface area contributed by atoms with Gasteiger partial charge in [0, 0.05) is 23.7 Å². The van der Waals surface area contributed by atoms with Gasteiger partial charge in [-0.05, 0) is 12.1 Å². The molecule has 3 aromatic rings. The highest BCUT2D eigenvalue weighted by molar-refractivity contribution is 7.93. The van der Waals surface area contributed by atoms with Crippen molar-refractivity contribution < 1.29 is 35.8 Å². The number of H-pyrrole nitrogens is 1. The molecule has 0 atom stereocenters. The van der Waals surface area contributed by atoms with Gasteiger partial charge in [0.15, 0.2) is 5.82 Å². The molecule has 0 unspecified atom stereocenters. The second kappa shape index (κ2) is 7.46. The van der Waals surface area contributed by atoms with E-state index in [1.165, 1.54) is 19.4 Å². The summed E-state index contributed by atoms with van der Waals surface area (Å²) in [7, 11) is -1.62. The molecule has 1 aromatic carbocycles. The lowest BCUT2D eigenvalue weighted by atomic mass is 10.2. The highest BCUT2D eigenvalue weighted by atomic mass is 32.2. The first-order valence-corrected chi connectivity index (χ1v) is 9.10. The van der Waals surface area contributed by atoms with Gasteiger partial charge in [0.05, 0.1) is 19.7 Å². The zero-order chi connectivity index (χ0) is 20.5. The molecule has 150 valence electrons. The van der Waals surface area contributed by atoms with E-state index in [1.54, 1.807) is 12.1 Å². The van der Waals surface area contributed by atoms with E-state index in [9.17, 15) is 21.6 Å². The summed E-state index contributed by atoms with van der Waals surface area (Å²) >= 11 is 0. The molecule has 0 saturated heterocycles. The molecule has 0 aliphatic rings. The van der Waals surface area contributed by atoms with Crippen LogP contribution >= 0.6 is 0 Å². The van der Waals surface area contributed by atoms with E-state index in [4.69, 9.17) is 9.47 Å². The number of pyridine rings is 1. The van der Waals surface area contributed by atoms with Crippen LogP contribution in [0.3, 0.4) is 0 Å². The smallest absolute Gasteiger partial charge is 0.388 e. The lowest BCUT2D eigenvalue weighted by molar-refractivity contribution is -0.0555. The molecule has 0 aliphatic carbocycles. The number of anilines is 1. The summed E-state index contributed by atoms with van der Waals surface area (Å²) in [6.45, 7) is -3.31. The highest BCUT2D eigenvalue weighted by Gasteiger charge is 2.24. The van der Waals surface area contributed by atoms with Gasteiger partial charge < -0.3 is 19.2 Å². The summed E-state index contributed by atoms with van der Waals surface area (Å²) in [5, 5.41) is 0.360. The van der Waals surface area contributed by atoms with E-state index in [0.29, 0.717) is 22.7 Å². The van der Waals surface area contributed by atoms with Crippen LogP contribution in [0, 0.1) is 5.82 Å². The third-order valence-electron chi connectivity index (χ3n) is 3.69. The molecule has 2 N–H and O–H groups in total. The van der Waals surface area contributed by atoms with Crippen LogP contribution in [-0.4, -0.2) is 39.2 Å². The number of rotatable bonds is 7. The molecule has 8 nitrogen and oxygen atoms in total. The number of nitrogens with zero attached hydrogens (tertiary/aromatic N) is 1. The Morgan fingerprint density at radius 2 is 1.89 bits per heavy atom. The van der Waals surface area contributed by atoms with Gasteiger partial charge in [-0.15, -0.1) is 0 Å². The first kappa shape index (κ1) is 19.6. The SMILES string of the molecule is COc1ccc2c(S(=O)(=O)Nc3cc(F)c(OC(F)F)nc3OC)c[nH]c2c1. The molecule has 0 radical (unpaired) electrons. The van der Waals surface area contributed by atoms with Crippen molar-refractivity contribution >= 4 is 26.6 Å². The third kappa shape index (κ3) is 3.76. The van der Waals surface area contributed by atoms with Crippen molar-refractivity contribution in [2.45, 2.75) is 11.5 Å². The van der Waals surface area contributed by atoms with Gasteiger partial charge in [0.1, 0.15) is 16.3 Å². The predicted molar refractivity (Wildman–Crippen MR) is 93.0 cm³/mol. The predicted octanol–water partition coefficient (Wildman–Crippen LogP) is 3.12. The number of sulfonamides is 1. The van der Waals surface area contributed by atoms with Crippen molar-refractivity contribution in [1.29, 1.82) is 0 Å². The summed E-state index contributed by atoms with van der Waals surface area (Å²) in [4.78, 5) is 6.11. The monoisotopic (exact) mass is 417 g/mol. The number of alkyl halides is 2. The Morgan fingerprint density at radius 3 is 2.54 bits per heavy atom. The average Bonchev–Trinajstić information content (AvgIpc) is 3.07. The van der Waals surface area contributed by atoms with Gasteiger partial charge in [-0.25, -0.2) is 12.8 Å². The number of benzene rings is 1. The molecule has 3 rings (SSSR count). The highest BCUT2D eigenvalue weighted by Crippen LogP contribution is 2.32. The Kier molecular flexibility index (Phi) is 5.23. The topological polar surface area (TPSA) is 103 Å². The summed E-state index contributed by atoms with van der Waals surface area (Å²) in [5.74, 6) is -2.23. The molecular formula is C16H14F3N3O5S. The minimum atomic E-state index is -4.20. The summed E-state index contributed by atoms with van der Waals surface area (Å²) in [6, 6.07) is 5.36. The Bertz CT molecular complexity index is 1120. The summed E-state index contributed by atoms with van der Waals surface area (Å²) in [5.41, 5.74) is 0.112. The number of fused-ring (bicyclic) bond motifs is 1. The number of hydrogen-bond donors (Lipinski definition) is 2. The number of nitrogens with one attached hydrogen (secondary N) is 2. The average molecular weight is 417 g/mol. The first-order valence-electron chi connectivity index (χ1n) is 7.62. The van der Waals surface area contributed by atoms with Crippen molar-refractivity contribution in [3.8, 4) is 17.5 Å². The van der Waals surface area contributed by atoms with Crippen LogP contribution in [0.25, 0.3) is 10.9 Å². The van der Waals surface area contributed by atoms with Gasteiger partial charge in [-0.1, -0.05) is 0 Å². The molecular weight excluding hydrogens is 403 g/mol. The number of halogens is 3. The minimum Gasteiger partial charge on any atom is -0.497 e. The minimum absolute atomic E-state index is 0.125. The van der Waals surface area contributed by atoms with E-state index < -0.39 is 34.2 Å². The zero-order valence-corrected chi connectivity index (χ0v) is 15.3. The first-order chi connectivity index (χ1) is 13.2. The molecule has 0 amide bonds. The van der Waals surface area contributed by atoms with Crippen LogP contribution in [0.15, 0.2) is 35.4 Å². The Morgan fingerprint density at radius 1 is 1.14 bits per heavy atom. The maximum atomic E-state index is 13.9. The number of hydrogen-bond acceptors (Lipinski definition) is 6. The number of ether oxygens (including phenoxy) is 3. The zero-order valence-electron chi connectivity index (χ0n) is 14.5. The second-order valence-corrected chi connectivity index (χ2v) is 7.03. The Hall–Kier alpha value is -3.15. The maximum Gasteiger partial charge on any atom is 0.388 e. The molecule has 12 heteroatoms. The van der Waals surface area contributed by atoms with Crippen LogP contribution < -0.4 is 18.9 Å². The normalized spacial score (nSPS) is 11.6. The molecule has 0 spiro atoms. The van der Waals surface area contributed by atoms with Crippen LogP contribution in [0.5, 0.6) is 17.5 Å². The number of methoxy groups -OCH3 is 2. The molecule has 0 fully saturated rings. The van der Waals surface area contributed by atoms with Gasteiger partial charge in [0.25, 0.3) is 15.9 Å². The second-order valence-electron chi connectivity index (χ2n) is 5.38. The fourth-order valence-corrected chi connectivity index (χ4v) is 3.71. The number of aromatic amines is 1. The van der Waals surface area contributed by atoms with Crippen LogP contribution in [-0.2, 0) is 10.0 Å². The molecule has 0 aliphatic heterocycles. The Labute approximate surface area is 157 Å². The summed E-state index contributed by atoms with van der Waals surface area (Å²) < 4.78 is 80.1. The van der Waals surface area contributed by atoms with Crippen LogP contribution in [0.1, 0.15) is 0 Å². The summed E-state index contributed by atoms with van der Waals surface area (Å²) in [6.07, 6.45) is 1.25. The lowest BCUT2D eigenvalue weighted by Crippen LogP contribution is -2.15. The quantitative estimate of drug-likeness (QED) is 0.612. The molecule has 2 aromatic heterocycles. The van der Waals surface area contributed by atoms with Crippen molar-refractivity contribution in [2.24, 2.45) is 0 Å². The molecule has 0 bridgehead atoms. The fraction of sp³-hybridized carbons (Fsp3) is 0.188. The van der Waals surface area contributed by atoms with E-state index in [1.807, 2.05) is 0 Å². The van der Waals surface area contributed by atoms with E-state index in [0.717, 1.165) is 7.11 Å². The van der Waals surface area contributed by atoms with Crippen molar-refractivity contribution in [1.82, 2.24) is 9.97 Å². The largest absolute Gasteiger partial charge is 0.497 e. The molecule has 0 saturated carbocycles. The Balaban J connectivity index is 1.99. The van der Waals surface area contributed by atoms with Gasteiger partial charge in [-0.2, -0.15) is 13.8 Å². The van der Waals surface area contributed by atoms with Crippen molar-refractivity contribution in [3.05, 3.63) is 36.3 Å². The van der Waals surface area contributed by atoms with E-state index in [-0.39, 0.29) is 10.6 Å². The molecule has 2 heterocycles. The fourth-order valence-electron chi connectivity index (χ4n) is 2.48. The van der Waals surface area contributed by atoms with E-state index in [2.05, 4.69) is 19.4 Å². The third-order valence-corrected chi connectivity index (χ3v) is 5.09. The van der Waals surface area contributed by atoms with Crippen molar-refractivity contribution in [2.75, 3.05) is 18.9 Å². The molecule has 28 heavy (non-hydrogen) atoms. The van der Waals surface area contributed by atoms with Crippen LogP contribution in [0.4, 0.5) is 18.9 Å². The van der Waals surface area contributed by atoms with Crippen LogP contribution in [0.2, 0.25) is 0 Å². The lowest BCUT2D eigenvalue weighted by Gasteiger charge is -2.13. The van der Waals surface area contributed by atoms with Gasteiger partial charge in [0.2, 0.25) is 5.88 Å². The van der Waals surface area contributed by atoms with Crippen molar-refractivity contribution in [3.63, 3.8) is 0 Å².